The van der Waals surface area contributed by atoms with Crippen molar-refractivity contribution in [3.63, 3.8) is 0 Å². The molecule has 1 heterocycles. The molecule has 0 spiro atoms. The van der Waals surface area contributed by atoms with Gasteiger partial charge in [-0.05, 0) is 40.0 Å². The number of hydrogen-bond acceptors (Lipinski definition) is 3. The number of carbonyl (C=O) groups excluding carboxylic acids is 2. The summed E-state index contributed by atoms with van der Waals surface area (Å²) >= 11 is 0. The number of alkyl carbamates (subject to hydrolysis) is 1. The molecule has 1 aliphatic heterocycles. The Kier molecular flexibility index (Phi) is 4.99. The maximum Gasteiger partial charge on any atom is 0.408 e. The fraction of sp³-hybridized carbons (Fsp3) is 0.846. The van der Waals surface area contributed by atoms with Crippen molar-refractivity contribution in [1.82, 2.24) is 10.2 Å². The topological polar surface area (TPSA) is 58.6 Å². The normalized spacial score (nSPS) is 17.4. The second-order valence-corrected chi connectivity index (χ2v) is 5.64. The number of carbonyl (C=O) groups is 2. The molecular weight excluding hydrogens is 232 g/mol. The highest BCUT2D eigenvalue weighted by Crippen LogP contribution is 2.11. The van der Waals surface area contributed by atoms with Crippen LogP contribution >= 0.6 is 0 Å². The largest absolute Gasteiger partial charge is 0.444 e. The average Bonchev–Trinajstić information content (AvgIpc) is 2.75. The van der Waals surface area contributed by atoms with Gasteiger partial charge in [0.15, 0.2) is 0 Å². The summed E-state index contributed by atoms with van der Waals surface area (Å²) in [4.78, 5) is 25.6. The van der Waals surface area contributed by atoms with Gasteiger partial charge in [0.1, 0.15) is 11.6 Å². The van der Waals surface area contributed by atoms with Gasteiger partial charge in [-0.25, -0.2) is 4.79 Å². The van der Waals surface area contributed by atoms with E-state index < -0.39 is 17.7 Å². The van der Waals surface area contributed by atoms with Crippen molar-refractivity contribution in [2.75, 3.05) is 13.1 Å². The maximum absolute atomic E-state index is 12.1. The van der Waals surface area contributed by atoms with E-state index in [2.05, 4.69) is 5.32 Å². The minimum atomic E-state index is -0.543. The third kappa shape index (κ3) is 4.55. The Balaban J connectivity index is 2.50. The van der Waals surface area contributed by atoms with Crippen molar-refractivity contribution < 1.29 is 14.3 Å². The zero-order valence-electron chi connectivity index (χ0n) is 11.8. The Bertz CT molecular complexity index is 304. The van der Waals surface area contributed by atoms with Crippen LogP contribution in [-0.4, -0.2) is 41.6 Å². The number of nitrogens with one attached hydrogen (secondary N) is 1. The van der Waals surface area contributed by atoms with Crippen molar-refractivity contribution in [2.24, 2.45) is 0 Å². The van der Waals surface area contributed by atoms with Gasteiger partial charge in [-0.15, -0.1) is 0 Å². The predicted molar refractivity (Wildman–Crippen MR) is 69.3 cm³/mol. The van der Waals surface area contributed by atoms with Crippen molar-refractivity contribution in [2.45, 2.75) is 58.6 Å². The van der Waals surface area contributed by atoms with Crippen molar-refractivity contribution in [1.29, 1.82) is 0 Å². The molecule has 1 aliphatic rings. The molecule has 0 aromatic heterocycles. The molecule has 1 fully saturated rings. The zero-order valence-corrected chi connectivity index (χ0v) is 11.8. The van der Waals surface area contributed by atoms with Gasteiger partial charge in [-0.3, -0.25) is 4.79 Å². The highest BCUT2D eigenvalue weighted by Gasteiger charge is 2.28. The lowest BCUT2D eigenvalue weighted by molar-refractivity contribution is -0.132. The van der Waals surface area contributed by atoms with Gasteiger partial charge in [-0.2, -0.15) is 0 Å². The second kappa shape index (κ2) is 6.07. The summed E-state index contributed by atoms with van der Waals surface area (Å²) in [7, 11) is 0. The first-order valence-electron chi connectivity index (χ1n) is 6.62. The van der Waals surface area contributed by atoms with E-state index in [4.69, 9.17) is 4.74 Å². The van der Waals surface area contributed by atoms with Crippen molar-refractivity contribution in [3.05, 3.63) is 0 Å². The summed E-state index contributed by atoms with van der Waals surface area (Å²) in [6, 6.07) is -0.474. The summed E-state index contributed by atoms with van der Waals surface area (Å²) in [5.41, 5.74) is -0.543. The fourth-order valence-electron chi connectivity index (χ4n) is 1.95. The van der Waals surface area contributed by atoms with Gasteiger partial charge in [0.25, 0.3) is 0 Å². The highest BCUT2D eigenvalue weighted by atomic mass is 16.6. The molecule has 104 valence electrons. The number of rotatable bonds is 3. The van der Waals surface area contributed by atoms with E-state index in [-0.39, 0.29) is 5.91 Å². The summed E-state index contributed by atoms with van der Waals surface area (Å²) in [6.45, 7) is 8.88. The molecule has 1 N–H and O–H groups in total. The first-order chi connectivity index (χ1) is 8.33. The minimum absolute atomic E-state index is 0.000796. The lowest BCUT2D eigenvalue weighted by atomic mass is 10.2. The molecule has 0 aromatic carbocycles. The van der Waals surface area contributed by atoms with Gasteiger partial charge >= 0.3 is 6.09 Å². The Hall–Kier alpha value is -1.26. The Labute approximate surface area is 109 Å². The van der Waals surface area contributed by atoms with E-state index in [0.717, 1.165) is 25.9 Å². The van der Waals surface area contributed by atoms with E-state index in [9.17, 15) is 9.59 Å². The van der Waals surface area contributed by atoms with Crippen LogP contribution in [0.15, 0.2) is 0 Å². The van der Waals surface area contributed by atoms with Crippen LogP contribution in [-0.2, 0) is 9.53 Å². The first kappa shape index (κ1) is 14.8. The van der Waals surface area contributed by atoms with Crippen LogP contribution in [0.4, 0.5) is 4.79 Å². The number of amides is 2. The van der Waals surface area contributed by atoms with Crippen LogP contribution in [0, 0.1) is 0 Å². The van der Waals surface area contributed by atoms with Gasteiger partial charge in [0.2, 0.25) is 5.91 Å². The molecule has 0 aromatic rings. The molecule has 2 amide bonds. The molecule has 1 saturated heterocycles. The van der Waals surface area contributed by atoms with Gasteiger partial charge in [-0.1, -0.05) is 6.92 Å². The number of ether oxygens (including phenoxy) is 1. The van der Waals surface area contributed by atoms with E-state index in [1.807, 2.05) is 11.8 Å². The number of likely N-dealkylation sites (tertiary alicyclic amines) is 1. The van der Waals surface area contributed by atoms with E-state index in [1.165, 1.54) is 0 Å². The van der Waals surface area contributed by atoms with Crippen LogP contribution in [0.2, 0.25) is 0 Å². The minimum Gasteiger partial charge on any atom is -0.444 e. The summed E-state index contributed by atoms with van der Waals surface area (Å²) in [6.07, 6.45) is 2.15. The Morgan fingerprint density at radius 2 is 1.83 bits per heavy atom. The van der Waals surface area contributed by atoms with Gasteiger partial charge < -0.3 is 15.0 Å². The molecular formula is C13H24N2O3. The zero-order chi connectivity index (χ0) is 13.8. The van der Waals surface area contributed by atoms with Crippen molar-refractivity contribution >= 4 is 12.0 Å². The molecule has 5 heteroatoms. The van der Waals surface area contributed by atoms with Crippen LogP contribution in [0.5, 0.6) is 0 Å². The Morgan fingerprint density at radius 1 is 1.28 bits per heavy atom. The molecule has 18 heavy (non-hydrogen) atoms. The van der Waals surface area contributed by atoms with Crippen LogP contribution < -0.4 is 5.32 Å². The molecule has 0 aliphatic carbocycles. The van der Waals surface area contributed by atoms with E-state index in [0.29, 0.717) is 6.42 Å². The molecule has 1 atom stereocenters. The van der Waals surface area contributed by atoms with Crippen LogP contribution in [0.3, 0.4) is 0 Å². The van der Waals surface area contributed by atoms with Crippen molar-refractivity contribution in [3.8, 4) is 0 Å². The maximum atomic E-state index is 12.1. The molecule has 0 saturated carbocycles. The SMILES string of the molecule is CCC(NC(=O)OC(C)(C)C)C(=O)N1CCCC1. The fourth-order valence-corrected chi connectivity index (χ4v) is 1.95. The molecule has 1 unspecified atom stereocenters. The Morgan fingerprint density at radius 3 is 2.28 bits per heavy atom. The van der Waals surface area contributed by atoms with Gasteiger partial charge in [0, 0.05) is 13.1 Å². The summed E-state index contributed by atoms with van der Waals surface area (Å²) in [5, 5.41) is 2.65. The predicted octanol–water partition coefficient (Wildman–Crippen LogP) is 1.91. The lowest BCUT2D eigenvalue weighted by Gasteiger charge is -2.25. The second-order valence-electron chi connectivity index (χ2n) is 5.64. The third-order valence-corrected chi connectivity index (χ3v) is 2.82. The monoisotopic (exact) mass is 256 g/mol. The number of nitrogens with zero attached hydrogens (tertiary/aromatic N) is 1. The summed E-state index contributed by atoms with van der Waals surface area (Å²) in [5.74, 6) is 0.000796. The molecule has 0 radical (unpaired) electrons. The third-order valence-electron chi connectivity index (χ3n) is 2.82. The molecule has 0 bridgehead atoms. The van der Waals surface area contributed by atoms with Crippen LogP contribution in [0.1, 0.15) is 47.0 Å². The highest BCUT2D eigenvalue weighted by molar-refractivity contribution is 5.85. The lowest BCUT2D eigenvalue weighted by Crippen LogP contribution is -2.48. The molecule has 5 nitrogen and oxygen atoms in total. The summed E-state index contributed by atoms with van der Waals surface area (Å²) < 4.78 is 5.16. The smallest absolute Gasteiger partial charge is 0.408 e. The van der Waals surface area contributed by atoms with E-state index >= 15 is 0 Å². The van der Waals surface area contributed by atoms with E-state index in [1.54, 1.807) is 20.8 Å². The molecule has 1 rings (SSSR count). The standard InChI is InChI=1S/C13H24N2O3/c1-5-10(11(16)15-8-6-7-9-15)14-12(17)18-13(2,3)4/h10H,5-9H2,1-4H3,(H,14,17). The quantitative estimate of drug-likeness (QED) is 0.839. The van der Waals surface area contributed by atoms with Crippen LogP contribution in [0.25, 0.3) is 0 Å². The average molecular weight is 256 g/mol. The first-order valence-corrected chi connectivity index (χ1v) is 6.62. The number of hydrogen-bond donors (Lipinski definition) is 1. The van der Waals surface area contributed by atoms with Gasteiger partial charge in [0.05, 0.1) is 0 Å².